The Balaban J connectivity index is 2.27. The van der Waals surface area contributed by atoms with E-state index >= 15 is 0 Å². The van der Waals surface area contributed by atoms with E-state index in [2.05, 4.69) is 25.8 Å². The number of nitrogens with one attached hydrogen (secondary N) is 1. The van der Waals surface area contributed by atoms with Gasteiger partial charge in [-0.05, 0) is 31.0 Å². The van der Waals surface area contributed by atoms with Crippen LogP contribution in [0.15, 0.2) is 30.0 Å². The van der Waals surface area contributed by atoms with Gasteiger partial charge in [-0.25, -0.2) is 9.59 Å². The minimum absolute atomic E-state index is 0.0641. The average Bonchev–Trinajstić information content (AvgIpc) is 2.95. The monoisotopic (exact) mass is 357 g/mol. The first-order chi connectivity index (χ1) is 12.6. The van der Waals surface area contributed by atoms with Gasteiger partial charge < -0.3 is 19.7 Å². The van der Waals surface area contributed by atoms with Crippen LogP contribution in [0.5, 0.6) is 0 Å². The van der Waals surface area contributed by atoms with Crippen LogP contribution < -0.4 is 10.2 Å². The Morgan fingerprint density at radius 2 is 1.85 bits per heavy atom. The van der Waals surface area contributed by atoms with Gasteiger partial charge in [0.05, 0.1) is 31.5 Å². The summed E-state index contributed by atoms with van der Waals surface area (Å²) in [6, 6.07) is 7.51. The summed E-state index contributed by atoms with van der Waals surface area (Å²) in [7, 11) is 2.44. The number of rotatable bonds is 5. The van der Waals surface area contributed by atoms with Gasteiger partial charge in [-0.1, -0.05) is 12.8 Å². The average molecular weight is 357 g/mol. The normalized spacial score (nSPS) is 14.8. The number of carbonyl (C=O) groups is 2. The van der Waals surface area contributed by atoms with Crippen LogP contribution in [0.4, 0.5) is 11.4 Å². The van der Waals surface area contributed by atoms with Crippen molar-refractivity contribution < 1.29 is 19.1 Å². The van der Waals surface area contributed by atoms with Crippen LogP contribution in [0.25, 0.3) is 0 Å². The Bertz CT molecular complexity index is 729. The Labute approximate surface area is 153 Å². The second-order valence-corrected chi connectivity index (χ2v) is 5.94. The van der Waals surface area contributed by atoms with Gasteiger partial charge in [-0.2, -0.15) is 5.26 Å². The molecule has 0 atom stereocenters. The van der Waals surface area contributed by atoms with E-state index in [-0.39, 0.29) is 5.70 Å². The van der Waals surface area contributed by atoms with E-state index in [1.165, 1.54) is 27.1 Å². The fourth-order valence-electron chi connectivity index (χ4n) is 2.88. The van der Waals surface area contributed by atoms with E-state index in [0.29, 0.717) is 11.3 Å². The van der Waals surface area contributed by atoms with Crippen molar-refractivity contribution in [1.82, 2.24) is 0 Å². The number of nitriles is 1. The number of esters is 2. The second-order valence-electron chi connectivity index (χ2n) is 5.94. The molecule has 138 valence electrons. The molecular weight excluding hydrogens is 334 g/mol. The van der Waals surface area contributed by atoms with Crippen LogP contribution in [0.1, 0.15) is 31.2 Å². The highest BCUT2D eigenvalue weighted by atomic mass is 16.5. The highest BCUT2D eigenvalue weighted by molar-refractivity contribution is 5.98. The van der Waals surface area contributed by atoms with E-state index in [1.54, 1.807) is 12.1 Å². The first kappa shape index (κ1) is 19.3. The first-order valence-electron chi connectivity index (χ1n) is 8.53. The standard InChI is InChI=1S/C19H23N3O4/c1-25-18(23)12-16(19(24)26-2)21-15-7-8-17(14(11-15)13-20)22-9-5-3-4-6-10-22/h7-8,11-12,21H,3-6,9-10H2,1-2H3/b16-12+. The molecule has 0 aromatic heterocycles. The van der Waals surface area contributed by atoms with Gasteiger partial charge in [0.2, 0.25) is 0 Å². The molecule has 0 radical (unpaired) electrons. The maximum atomic E-state index is 11.8. The molecule has 7 heteroatoms. The number of hydrogen-bond donors (Lipinski definition) is 1. The van der Waals surface area contributed by atoms with E-state index in [9.17, 15) is 14.9 Å². The minimum Gasteiger partial charge on any atom is -0.466 e. The Kier molecular flexibility index (Phi) is 7.03. The number of benzene rings is 1. The first-order valence-corrected chi connectivity index (χ1v) is 8.53. The smallest absolute Gasteiger partial charge is 0.354 e. The second kappa shape index (κ2) is 9.47. The molecule has 1 aliphatic rings. The lowest BCUT2D eigenvalue weighted by Gasteiger charge is -2.24. The number of carbonyl (C=O) groups excluding carboxylic acids is 2. The Morgan fingerprint density at radius 1 is 1.15 bits per heavy atom. The maximum Gasteiger partial charge on any atom is 0.354 e. The molecule has 26 heavy (non-hydrogen) atoms. The van der Waals surface area contributed by atoms with Crippen molar-refractivity contribution >= 4 is 23.3 Å². The van der Waals surface area contributed by atoms with Crippen molar-refractivity contribution in [3.8, 4) is 6.07 Å². The quantitative estimate of drug-likeness (QED) is 0.639. The number of anilines is 2. The minimum atomic E-state index is -0.703. The molecular formula is C19H23N3O4. The van der Waals surface area contributed by atoms with E-state index in [1.807, 2.05) is 6.07 Å². The SMILES string of the molecule is COC(=O)/C=C(/Nc1ccc(N2CCCCCC2)c(C#N)c1)C(=O)OC. The van der Waals surface area contributed by atoms with Crippen molar-refractivity contribution in [2.45, 2.75) is 25.7 Å². The number of nitrogens with zero attached hydrogens (tertiary/aromatic N) is 2. The molecule has 1 aliphatic heterocycles. The molecule has 0 unspecified atom stereocenters. The van der Waals surface area contributed by atoms with Crippen LogP contribution in [-0.4, -0.2) is 39.2 Å². The molecule has 1 aromatic carbocycles. The van der Waals surface area contributed by atoms with Crippen LogP contribution in [0, 0.1) is 11.3 Å². The summed E-state index contributed by atoms with van der Waals surface area (Å²) in [5.41, 5.74) is 1.85. The summed E-state index contributed by atoms with van der Waals surface area (Å²) in [5, 5.41) is 12.4. The summed E-state index contributed by atoms with van der Waals surface area (Å²) in [6.07, 6.45) is 5.65. The molecule has 7 nitrogen and oxygen atoms in total. The zero-order valence-corrected chi connectivity index (χ0v) is 15.1. The summed E-state index contributed by atoms with van der Waals surface area (Å²) in [5.74, 6) is -1.38. The third kappa shape index (κ3) is 4.99. The van der Waals surface area contributed by atoms with Crippen molar-refractivity contribution in [1.29, 1.82) is 5.26 Å². The molecule has 1 heterocycles. The number of methoxy groups -OCH3 is 2. The molecule has 0 amide bonds. The predicted octanol–water partition coefficient (Wildman–Crippen LogP) is 2.58. The van der Waals surface area contributed by atoms with Gasteiger partial charge in [0.25, 0.3) is 0 Å². The topological polar surface area (TPSA) is 91.7 Å². The fourth-order valence-corrected chi connectivity index (χ4v) is 2.88. The van der Waals surface area contributed by atoms with E-state index in [0.717, 1.165) is 37.7 Å². The maximum absolute atomic E-state index is 11.8. The van der Waals surface area contributed by atoms with Gasteiger partial charge in [-0.15, -0.1) is 0 Å². The van der Waals surface area contributed by atoms with Crippen molar-refractivity contribution in [2.75, 3.05) is 37.5 Å². The largest absolute Gasteiger partial charge is 0.466 e. The van der Waals surface area contributed by atoms with Crippen LogP contribution in [0.3, 0.4) is 0 Å². The summed E-state index contributed by atoms with van der Waals surface area (Å²) < 4.78 is 9.21. The number of ether oxygens (including phenoxy) is 2. The Hall–Kier alpha value is -3.01. The molecule has 1 N–H and O–H groups in total. The fraction of sp³-hybridized carbons (Fsp3) is 0.421. The van der Waals surface area contributed by atoms with Crippen LogP contribution >= 0.6 is 0 Å². The highest BCUT2D eigenvalue weighted by Crippen LogP contribution is 2.27. The highest BCUT2D eigenvalue weighted by Gasteiger charge is 2.16. The molecule has 1 saturated heterocycles. The molecule has 1 fully saturated rings. The molecule has 0 spiro atoms. The molecule has 0 aliphatic carbocycles. The molecule has 2 rings (SSSR count). The van der Waals surface area contributed by atoms with Gasteiger partial charge in [0.15, 0.2) is 0 Å². The predicted molar refractivity (Wildman–Crippen MR) is 97.6 cm³/mol. The molecule has 1 aromatic rings. The third-order valence-corrected chi connectivity index (χ3v) is 4.21. The van der Waals surface area contributed by atoms with Gasteiger partial charge in [0, 0.05) is 18.8 Å². The zero-order valence-electron chi connectivity index (χ0n) is 15.1. The van der Waals surface area contributed by atoms with E-state index < -0.39 is 11.9 Å². The summed E-state index contributed by atoms with van der Waals surface area (Å²) in [6.45, 7) is 1.86. The summed E-state index contributed by atoms with van der Waals surface area (Å²) >= 11 is 0. The van der Waals surface area contributed by atoms with E-state index in [4.69, 9.17) is 0 Å². The van der Waals surface area contributed by atoms with Crippen molar-refractivity contribution in [3.63, 3.8) is 0 Å². The lowest BCUT2D eigenvalue weighted by molar-refractivity contribution is -0.138. The molecule has 0 bridgehead atoms. The third-order valence-electron chi connectivity index (χ3n) is 4.21. The van der Waals surface area contributed by atoms with Crippen molar-refractivity contribution in [2.24, 2.45) is 0 Å². The Morgan fingerprint density at radius 3 is 2.42 bits per heavy atom. The lowest BCUT2D eigenvalue weighted by Crippen LogP contribution is -2.24. The van der Waals surface area contributed by atoms with Crippen LogP contribution in [-0.2, 0) is 19.1 Å². The van der Waals surface area contributed by atoms with Gasteiger partial charge >= 0.3 is 11.9 Å². The zero-order chi connectivity index (χ0) is 18.9. The lowest BCUT2D eigenvalue weighted by atomic mass is 10.1. The van der Waals surface area contributed by atoms with Crippen LogP contribution in [0.2, 0.25) is 0 Å². The molecule has 0 saturated carbocycles. The van der Waals surface area contributed by atoms with Gasteiger partial charge in [0.1, 0.15) is 11.8 Å². The summed E-state index contributed by atoms with van der Waals surface area (Å²) in [4.78, 5) is 25.5. The van der Waals surface area contributed by atoms with Crippen molar-refractivity contribution in [3.05, 3.63) is 35.5 Å². The number of hydrogen-bond acceptors (Lipinski definition) is 7. The van der Waals surface area contributed by atoms with Gasteiger partial charge in [-0.3, -0.25) is 0 Å².